The Bertz CT molecular complexity index is 1130. The predicted molar refractivity (Wildman–Crippen MR) is 92.2 cm³/mol. The van der Waals surface area contributed by atoms with Crippen LogP contribution in [-0.4, -0.2) is 30.4 Å². The fourth-order valence-electron chi connectivity index (χ4n) is 2.28. The molecule has 0 saturated heterocycles. The van der Waals surface area contributed by atoms with Gasteiger partial charge in [-0.1, -0.05) is 6.07 Å². The molecule has 0 aliphatic heterocycles. The van der Waals surface area contributed by atoms with Gasteiger partial charge in [-0.15, -0.1) is 0 Å². The minimum atomic E-state index is -0.810. The number of hydrogen-bond acceptors (Lipinski definition) is 6. The molecule has 0 saturated carbocycles. The summed E-state index contributed by atoms with van der Waals surface area (Å²) in [6, 6.07) is 6.34. The van der Waals surface area contributed by atoms with Gasteiger partial charge < -0.3 is 4.98 Å². The number of nitrogens with zero attached hydrogens (tertiary/aromatic N) is 3. The van der Waals surface area contributed by atoms with Crippen LogP contribution < -0.4 is 22.1 Å². The molecule has 0 bridgehead atoms. The summed E-state index contributed by atoms with van der Waals surface area (Å²) < 4.78 is 0.865. The highest BCUT2D eigenvalue weighted by Gasteiger charge is 2.16. The van der Waals surface area contributed by atoms with Gasteiger partial charge in [0.15, 0.2) is 0 Å². The molecule has 0 aliphatic carbocycles. The van der Waals surface area contributed by atoms with Crippen molar-refractivity contribution in [3.8, 4) is 0 Å². The van der Waals surface area contributed by atoms with Crippen LogP contribution >= 0.6 is 0 Å². The van der Waals surface area contributed by atoms with Crippen LogP contribution in [0.4, 0.5) is 5.95 Å². The second-order valence-corrected chi connectivity index (χ2v) is 5.41. The lowest BCUT2D eigenvalue weighted by Gasteiger charge is -2.07. The van der Waals surface area contributed by atoms with E-state index in [1.54, 1.807) is 25.1 Å². The molecular formula is C16H14N6O4. The van der Waals surface area contributed by atoms with Crippen molar-refractivity contribution in [2.45, 2.75) is 13.5 Å². The van der Waals surface area contributed by atoms with Crippen LogP contribution in [0.5, 0.6) is 0 Å². The van der Waals surface area contributed by atoms with E-state index in [0.717, 1.165) is 10.8 Å². The molecule has 3 aromatic rings. The molecule has 0 radical (unpaired) electrons. The van der Waals surface area contributed by atoms with E-state index in [1.165, 1.54) is 12.3 Å². The zero-order chi connectivity index (χ0) is 18.7. The molecule has 3 aromatic heterocycles. The molecule has 26 heavy (non-hydrogen) atoms. The standard InChI is InChI=1S/C16H14N6O4/c1-9-6-12(23)20-15(19-9)21-13(24)11-7-18-16(26)22(14(11)25)8-10-4-2-3-5-17-10/h2-7H,8H2,1H3,(H,18,26)(H2,19,20,21,23,24). The smallest absolute Gasteiger partial charge is 0.313 e. The number of anilines is 1. The van der Waals surface area contributed by atoms with Gasteiger partial charge in [-0.2, -0.15) is 0 Å². The van der Waals surface area contributed by atoms with Crippen molar-refractivity contribution < 1.29 is 4.79 Å². The van der Waals surface area contributed by atoms with E-state index in [-0.39, 0.29) is 18.1 Å². The second-order valence-electron chi connectivity index (χ2n) is 5.41. The van der Waals surface area contributed by atoms with Crippen LogP contribution in [0.15, 0.2) is 51.0 Å². The maximum atomic E-state index is 12.5. The molecule has 0 atom stereocenters. The number of nitrogens with one attached hydrogen (secondary N) is 3. The largest absolute Gasteiger partial charge is 0.328 e. The molecule has 10 nitrogen and oxygen atoms in total. The predicted octanol–water partition coefficient (Wildman–Crippen LogP) is -0.376. The summed E-state index contributed by atoms with van der Waals surface area (Å²) in [5.74, 6) is -0.906. The first-order valence-corrected chi connectivity index (χ1v) is 7.56. The Balaban J connectivity index is 1.94. The van der Waals surface area contributed by atoms with Gasteiger partial charge in [0.1, 0.15) is 5.56 Å². The van der Waals surface area contributed by atoms with Gasteiger partial charge in [-0.25, -0.2) is 9.78 Å². The number of pyridine rings is 1. The highest BCUT2D eigenvalue weighted by molar-refractivity contribution is 6.02. The van der Waals surface area contributed by atoms with Gasteiger partial charge in [-0.3, -0.25) is 34.2 Å². The van der Waals surface area contributed by atoms with Gasteiger partial charge in [0.05, 0.1) is 12.2 Å². The highest BCUT2D eigenvalue weighted by atomic mass is 16.2. The summed E-state index contributed by atoms with van der Waals surface area (Å²) in [7, 11) is 0. The number of carbonyl (C=O) groups excluding carboxylic acids is 1. The van der Waals surface area contributed by atoms with Crippen LogP contribution in [0.2, 0.25) is 0 Å². The molecule has 3 N–H and O–H groups in total. The lowest BCUT2D eigenvalue weighted by Crippen LogP contribution is -2.39. The van der Waals surface area contributed by atoms with E-state index in [9.17, 15) is 19.2 Å². The number of aromatic amines is 2. The van der Waals surface area contributed by atoms with Crippen molar-refractivity contribution in [1.82, 2.24) is 24.5 Å². The lowest BCUT2D eigenvalue weighted by atomic mass is 10.3. The Labute approximate surface area is 145 Å². The van der Waals surface area contributed by atoms with Gasteiger partial charge in [0.25, 0.3) is 17.0 Å². The molecule has 0 fully saturated rings. The van der Waals surface area contributed by atoms with Crippen molar-refractivity contribution in [3.63, 3.8) is 0 Å². The number of H-pyrrole nitrogens is 2. The van der Waals surface area contributed by atoms with E-state index in [4.69, 9.17) is 0 Å². The molecule has 0 unspecified atom stereocenters. The quantitative estimate of drug-likeness (QED) is 0.583. The molecular weight excluding hydrogens is 340 g/mol. The summed E-state index contributed by atoms with van der Waals surface area (Å²) in [4.78, 5) is 61.0. The topological polar surface area (TPSA) is 143 Å². The summed E-state index contributed by atoms with van der Waals surface area (Å²) in [5, 5.41) is 2.33. The molecule has 0 spiro atoms. The lowest BCUT2D eigenvalue weighted by molar-refractivity contribution is 0.102. The molecule has 1 amide bonds. The van der Waals surface area contributed by atoms with Crippen LogP contribution in [-0.2, 0) is 6.54 Å². The maximum absolute atomic E-state index is 12.5. The van der Waals surface area contributed by atoms with Crippen molar-refractivity contribution in [2.24, 2.45) is 0 Å². The van der Waals surface area contributed by atoms with Crippen molar-refractivity contribution >= 4 is 11.9 Å². The minimum Gasteiger partial charge on any atom is -0.313 e. The SMILES string of the molecule is Cc1cc(=O)[nH]c(NC(=O)c2c[nH]c(=O)n(Cc3ccccn3)c2=O)n1. The zero-order valence-corrected chi connectivity index (χ0v) is 13.6. The van der Waals surface area contributed by atoms with Crippen LogP contribution in [0, 0.1) is 6.92 Å². The summed E-state index contributed by atoms with van der Waals surface area (Å²) >= 11 is 0. The van der Waals surface area contributed by atoms with E-state index in [2.05, 4.69) is 25.3 Å². The molecule has 3 heterocycles. The first-order valence-electron chi connectivity index (χ1n) is 7.56. The zero-order valence-electron chi connectivity index (χ0n) is 13.6. The average molecular weight is 354 g/mol. The Morgan fingerprint density at radius 2 is 2.08 bits per heavy atom. The third-order valence-electron chi connectivity index (χ3n) is 3.45. The van der Waals surface area contributed by atoms with E-state index >= 15 is 0 Å². The second kappa shape index (κ2) is 6.97. The number of carbonyl (C=O) groups is 1. The number of hydrogen-bond donors (Lipinski definition) is 3. The van der Waals surface area contributed by atoms with Crippen molar-refractivity contribution in [1.29, 1.82) is 0 Å². The third-order valence-corrected chi connectivity index (χ3v) is 3.45. The Hall–Kier alpha value is -3.82. The Kier molecular flexibility index (Phi) is 4.56. The van der Waals surface area contributed by atoms with Gasteiger partial charge in [0, 0.05) is 24.2 Å². The first-order chi connectivity index (χ1) is 12.4. The van der Waals surface area contributed by atoms with E-state index in [0.29, 0.717) is 11.4 Å². The van der Waals surface area contributed by atoms with Crippen LogP contribution in [0.3, 0.4) is 0 Å². The van der Waals surface area contributed by atoms with Gasteiger partial charge in [0.2, 0.25) is 5.95 Å². The Morgan fingerprint density at radius 1 is 1.27 bits per heavy atom. The fraction of sp³-hybridized carbons (Fsp3) is 0.125. The van der Waals surface area contributed by atoms with Crippen LogP contribution in [0.25, 0.3) is 0 Å². The maximum Gasteiger partial charge on any atom is 0.328 e. The monoisotopic (exact) mass is 354 g/mol. The summed E-state index contributed by atoms with van der Waals surface area (Å²) in [6.45, 7) is 1.50. The Morgan fingerprint density at radius 3 is 2.77 bits per heavy atom. The summed E-state index contributed by atoms with van der Waals surface area (Å²) in [5.41, 5.74) is -1.31. The molecule has 3 rings (SSSR count). The van der Waals surface area contributed by atoms with Gasteiger partial charge >= 0.3 is 5.69 Å². The number of amides is 1. The fourth-order valence-corrected chi connectivity index (χ4v) is 2.28. The minimum absolute atomic E-state index is 0.0876. The molecule has 132 valence electrons. The van der Waals surface area contributed by atoms with Crippen LogP contribution in [0.1, 0.15) is 21.7 Å². The average Bonchev–Trinajstić information content (AvgIpc) is 2.58. The number of aromatic nitrogens is 5. The number of rotatable bonds is 4. The summed E-state index contributed by atoms with van der Waals surface area (Å²) in [6.07, 6.45) is 2.55. The normalized spacial score (nSPS) is 10.5. The molecule has 0 aromatic carbocycles. The van der Waals surface area contributed by atoms with Crippen molar-refractivity contribution in [3.05, 3.63) is 84.8 Å². The van der Waals surface area contributed by atoms with E-state index in [1.807, 2.05) is 0 Å². The number of aryl methyl sites for hydroxylation is 1. The van der Waals surface area contributed by atoms with Gasteiger partial charge in [-0.05, 0) is 19.1 Å². The van der Waals surface area contributed by atoms with E-state index < -0.39 is 22.7 Å². The first kappa shape index (κ1) is 17.0. The molecule has 10 heteroatoms. The molecule has 0 aliphatic rings. The highest BCUT2D eigenvalue weighted by Crippen LogP contribution is 2.00. The third kappa shape index (κ3) is 3.64. The van der Waals surface area contributed by atoms with Crippen molar-refractivity contribution in [2.75, 3.05) is 5.32 Å².